The maximum absolute atomic E-state index is 10.6. The van der Waals surface area contributed by atoms with Crippen molar-refractivity contribution in [2.24, 2.45) is 0 Å². The average molecular weight is 523 g/mol. The largest absolute Gasteiger partial charge is 0.399 e. The Labute approximate surface area is 226 Å². The van der Waals surface area contributed by atoms with Crippen molar-refractivity contribution in [1.82, 2.24) is 18.8 Å². The molecular weight excluding hydrogens is 492 g/mol. The zero-order chi connectivity index (χ0) is 27.9. The average Bonchev–Trinajstić information content (AvgIpc) is 3.54. The maximum atomic E-state index is 10.6. The van der Waals surface area contributed by atoms with Crippen LogP contribution in [0.15, 0.2) is 97.6 Å². The first kappa shape index (κ1) is 27.0. The number of aromatic nitrogens is 4. The van der Waals surface area contributed by atoms with Crippen molar-refractivity contribution in [2.75, 3.05) is 12.3 Å². The molecular formula is C30H30N6O3. The summed E-state index contributed by atoms with van der Waals surface area (Å²) in [5, 5.41) is 18.2. The first-order valence-corrected chi connectivity index (χ1v) is 12.4. The molecule has 0 saturated heterocycles. The van der Waals surface area contributed by atoms with Crippen LogP contribution in [-0.4, -0.2) is 35.4 Å². The minimum Gasteiger partial charge on any atom is -0.399 e. The summed E-state index contributed by atoms with van der Waals surface area (Å²) in [6, 6.07) is 22.2. The molecule has 6 aromatic rings. The molecule has 4 aromatic heterocycles. The molecule has 0 radical (unpaired) electrons. The summed E-state index contributed by atoms with van der Waals surface area (Å²) < 4.78 is 3.99. The molecule has 0 aliphatic rings. The lowest BCUT2D eigenvalue weighted by Crippen LogP contribution is -1.87. The van der Waals surface area contributed by atoms with Gasteiger partial charge in [0, 0.05) is 60.3 Å². The summed E-state index contributed by atoms with van der Waals surface area (Å²) in [5.74, 6) is 0. The number of fused-ring (bicyclic) bond motifs is 2. The van der Waals surface area contributed by atoms with Gasteiger partial charge in [-0.3, -0.25) is 10.1 Å². The number of hydrogen-bond donors (Lipinski definition) is 2. The Balaban J connectivity index is 0.000000165. The molecule has 3 N–H and O–H groups in total. The SMILES string of the molecule is CCO.Cc1ccc2nc(-c3ccc(N)cc3)cn2c1.Cc1ccc2nc(-c3ccc([N+](=O)[O-])cc3)cn2c1. The van der Waals surface area contributed by atoms with E-state index in [-0.39, 0.29) is 12.3 Å². The number of nitro benzene ring substituents is 1. The van der Waals surface area contributed by atoms with E-state index in [1.165, 1.54) is 17.7 Å². The number of pyridine rings is 2. The summed E-state index contributed by atoms with van der Waals surface area (Å²) >= 11 is 0. The number of nitrogen functional groups attached to an aromatic ring is 1. The van der Waals surface area contributed by atoms with E-state index < -0.39 is 4.92 Å². The Morgan fingerprint density at radius 3 is 1.56 bits per heavy atom. The van der Waals surface area contributed by atoms with E-state index in [1.54, 1.807) is 19.1 Å². The number of nitro groups is 1. The lowest BCUT2D eigenvalue weighted by atomic mass is 10.1. The number of nitrogens with two attached hydrogens (primary N) is 1. The van der Waals surface area contributed by atoms with Gasteiger partial charge in [-0.15, -0.1) is 0 Å². The van der Waals surface area contributed by atoms with E-state index in [1.807, 2.05) is 76.8 Å². The molecule has 0 spiro atoms. The Kier molecular flexibility index (Phi) is 8.33. The van der Waals surface area contributed by atoms with Gasteiger partial charge in [-0.25, -0.2) is 9.97 Å². The van der Waals surface area contributed by atoms with E-state index >= 15 is 0 Å². The fourth-order valence-corrected chi connectivity index (χ4v) is 3.89. The number of nitrogens with zero attached hydrogens (tertiary/aromatic N) is 5. The van der Waals surface area contributed by atoms with Gasteiger partial charge in [0.05, 0.1) is 16.3 Å². The smallest absolute Gasteiger partial charge is 0.269 e. The lowest BCUT2D eigenvalue weighted by Gasteiger charge is -1.96. The molecule has 0 atom stereocenters. The molecule has 39 heavy (non-hydrogen) atoms. The molecule has 4 heterocycles. The number of rotatable bonds is 3. The highest BCUT2D eigenvalue weighted by Gasteiger charge is 2.08. The van der Waals surface area contributed by atoms with Crippen LogP contribution < -0.4 is 5.73 Å². The summed E-state index contributed by atoms with van der Waals surface area (Å²) in [7, 11) is 0. The van der Waals surface area contributed by atoms with Gasteiger partial charge in [-0.1, -0.05) is 24.3 Å². The lowest BCUT2D eigenvalue weighted by molar-refractivity contribution is -0.384. The van der Waals surface area contributed by atoms with Gasteiger partial charge in [0.25, 0.3) is 5.69 Å². The predicted molar refractivity (Wildman–Crippen MR) is 155 cm³/mol. The second-order valence-corrected chi connectivity index (χ2v) is 8.94. The Morgan fingerprint density at radius 1 is 0.744 bits per heavy atom. The Bertz CT molecular complexity index is 1700. The molecule has 9 nitrogen and oxygen atoms in total. The normalized spacial score (nSPS) is 10.5. The highest BCUT2D eigenvalue weighted by molar-refractivity contribution is 5.65. The first-order valence-electron chi connectivity index (χ1n) is 12.4. The van der Waals surface area contributed by atoms with Crippen LogP contribution in [0.2, 0.25) is 0 Å². The fraction of sp³-hybridized carbons (Fsp3) is 0.133. The van der Waals surface area contributed by atoms with Crippen molar-refractivity contribution in [3.63, 3.8) is 0 Å². The van der Waals surface area contributed by atoms with Crippen LogP contribution in [0.25, 0.3) is 33.8 Å². The third-order valence-corrected chi connectivity index (χ3v) is 5.78. The summed E-state index contributed by atoms with van der Waals surface area (Å²) in [6.45, 7) is 6.02. The predicted octanol–water partition coefficient (Wildman–Crippen LogP) is 6.11. The monoisotopic (exact) mass is 522 g/mol. The molecule has 0 amide bonds. The molecule has 0 fully saturated rings. The number of non-ortho nitro benzene ring substituents is 1. The third kappa shape index (κ3) is 6.65. The van der Waals surface area contributed by atoms with E-state index in [2.05, 4.69) is 29.2 Å². The standard InChI is InChI=1S/C14H11N3O2.C14H13N3.C2H6O/c1-10-2-7-14-15-13(9-16(14)8-10)11-3-5-12(6-4-11)17(18)19;1-10-2-7-14-16-13(9-17(14)8-10)11-3-5-12(15)6-4-11;1-2-3/h2-9H,1H3;2-9H,15H2,1H3;3H,2H2,1H3. The van der Waals surface area contributed by atoms with Crippen molar-refractivity contribution in [1.29, 1.82) is 0 Å². The number of hydrogen-bond acceptors (Lipinski definition) is 6. The molecule has 0 aliphatic heterocycles. The van der Waals surface area contributed by atoms with Crippen LogP contribution in [0.1, 0.15) is 18.1 Å². The van der Waals surface area contributed by atoms with Gasteiger partial charge >= 0.3 is 0 Å². The number of aryl methyl sites for hydroxylation is 2. The highest BCUT2D eigenvalue weighted by atomic mass is 16.6. The summed E-state index contributed by atoms with van der Waals surface area (Å²) in [4.78, 5) is 19.3. The molecule has 198 valence electrons. The van der Waals surface area contributed by atoms with Crippen LogP contribution in [0.5, 0.6) is 0 Å². The minimum absolute atomic E-state index is 0.0864. The van der Waals surface area contributed by atoms with Crippen molar-refractivity contribution in [3.05, 3.63) is 119 Å². The Morgan fingerprint density at radius 2 is 1.15 bits per heavy atom. The van der Waals surface area contributed by atoms with Crippen molar-refractivity contribution in [3.8, 4) is 22.5 Å². The third-order valence-electron chi connectivity index (χ3n) is 5.78. The number of aliphatic hydroxyl groups is 1. The van der Waals surface area contributed by atoms with E-state index in [4.69, 9.17) is 10.8 Å². The van der Waals surface area contributed by atoms with Gasteiger partial charge in [-0.05, 0) is 68.3 Å². The molecule has 0 saturated carbocycles. The molecule has 0 aliphatic carbocycles. The minimum atomic E-state index is -0.406. The number of imidazole rings is 2. The number of benzene rings is 2. The van der Waals surface area contributed by atoms with E-state index in [0.29, 0.717) is 0 Å². The van der Waals surface area contributed by atoms with E-state index in [9.17, 15) is 10.1 Å². The molecule has 6 rings (SSSR count). The van der Waals surface area contributed by atoms with Crippen LogP contribution in [0, 0.1) is 24.0 Å². The van der Waals surface area contributed by atoms with Crippen molar-refractivity contribution >= 4 is 22.7 Å². The van der Waals surface area contributed by atoms with Crippen LogP contribution in [0.4, 0.5) is 11.4 Å². The highest BCUT2D eigenvalue weighted by Crippen LogP contribution is 2.23. The Hall–Kier alpha value is -5.02. The van der Waals surface area contributed by atoms with Gasteiger partial charge in [0.2, 0.25) is 0 Å². The second-order valence-electron chi connectivity index (χ2n) is 8.94. The summed E-state index contributed by atoms with van der Waals surface area (Å²) in [5.41, 5.74) is 14.5. The van der Waals surface area contributed by atoms with Gasteiger partial charge in [-0.2, -0.15) is 0 Å². The first-order chi connectivity index (χ1) is 18.8. The quantitative estimate of drug-likeness (QED) is 0.164. The number of anilines is 1. The van der Waals surface area contributed by atoms with Crippen LogP contribution in [0.3, 0.4) is 0 Å². The maximum Gasteiger partial charge on any atom is 0.269 e. The van der Waals surface area contributed by atoms with E-state index in [0.717, 1.165) is 45.1 Å². The van der Waals surface area contributed by atoms with Crippen LogP contribution >= 0.6 is 0 Å². The summed E-state index contributed by atoms with van der Waals surface area (Å²) in [6.07, 6.45) is 8.03. The second kappa shape index (κ2) is 12.0. The van der Waals surface area contributed by atoms with Gasteiger partial charge in [0.15, 0.2) is 0 Å². The topological polar surface area (TPSA) is 124 Å². The van der Waals surface area contributed by atoms with Crippen LogP contribution in [-0.2, 0) is 0 Å². The molecule has 2 aromatic carbocycles. The van der Waals surface area contributed by atoms with Gasteiger partial charge < -0.3 is 19.6 Å². The molecule has 0 bridgehead atoms. The zero-order valence-electron chi connectivity index (χ0n) is 22.0. The van der Waals surface area contributed by atoms with Gasteiger partial charge in [0.1, 0.15) is 11.3 Å². The molecule has 0 unspecified atom stereocenters. The van der Waals surface area contributed by atoms with Crippen molar-refractivity contribution < 1.29 is 10.0 Å². The van der Waals surface area contributed by atoms with Crippen molar-refractivity contribution in [2.45, 2.75) is 20.8 Å². The molecule has 9 heteroatoms. The fourth-order valence-electron chi connectivity index (χ4n) is 3.89. The number of aliphatic hydroxyl groups excluding tert-OH is 1. The zero-order valence-corrected chi connectivity index (χ0v) is 22.0.